The summed E-state index contributed by atoms with van der Waals surface area (Å²) in [6.07, 6.45) is 0. The third kappa shape index (κ3) is 3.16. The molecule has 0 radical (unpaired) electrons. The Labute approximate surface area is 187 Å². The van der Waals surface area contributed by atoms with Crippen molar-refractivity contribution in [2.45, 2.75) is 0 Å². The van der Waals surface area contributed by atoms with E-state index in [0.29, 0.717) is 5.56 Å². The molecule has 0 unspecified atom stereocenters. The molecule has 0 amide bonds. The van der Waals surface area contributed by atoms with Crippen LogP contribution in [0.3, 0.4) is 0 Å². The molecule has 0 aliphatic heterocycles. The van der Waals surface area contributed by atoms with Crippen LogP contribution in [0.25, 0.3) is 42.1 Å². The van der Waals surface area contributed by atoms with E-state index in [1.807, 2.05) is 48.5 Å². The van der Waals surface area contributed by atoms with Gasteiger partial charge in [0.1, 0.15) is 0 Å². The van der Waals surface area contributed by atoms with Gasteiger partial charge < -0.3 is 9.84 Å². The molecule has 0 fully saturated rings. The van der Waals surface area contributed by atoms with E-state index in [0.717, 1.165) is 41.5 Å². The Balaban J connectivity index is 1.93. The number of hydrogen-bond donors (Lipinski definition) is 1. The normalized spacial score (nSPS) is 11.5. The van der Waals surface area contributed by atoms with Crippen molar-refractivity contribution < 1.29 is 23.4 Å². The van der Waals surface area contributed by atoms with Crippen LogP contribution in [0, 0.1) is 11.6 Å². The number of thiophene rings is 1. The first kappa shape index (κ1) is 19.9. The van der Waals surface area contributed by atoms with E-state index in [-0.39, 0.29) is 5.56 Å². The number of fused-ring (bicyclic) bond motifs is 4. The quantitative estimate of drug-likeness (QED) is 0.281. The number of rotatable bonds is 4. The van der Waals surface area contributed by atoms with Crippen LogP contribution in [-0.4, -0.2) is 17.7 Å². The van der Waals surface area contributed by atoms with Crippen molar-refractivity contribution in [2.75, 3.05) is 6.61 Å². The molecule has 0 aliphatic carbocycles. The minimum Gasteiger partial charge on any atom is -0.479 e. The lowest BCUT2D eigenvalue weighted by Gasteiger charge is -2.15. The van der Waals surface area contributed by atoms with Crippen molar-refractivity contribution in [1.29, 1.82) is 0 Å². The number of carboxylic acid groups (broad SMARTS) is 1. The highest BCUT2D eigenvalue weighted by Crippen LogP contribution is 2.49. The van der Waals surface area contributed by atoms with Crippen LogP contribution in [0.4, 0.5) is 8.78 Å². The predicted octanol–water partition coefficient (Wildman–Crippen LogP) is 7.38. The van der Waals surface area contributed by atoms with Gasteiger partial charge in [-0.3, -0.25) is 0 Å². The molecule has 31 heavy (non-hydrogen) atoms. The largest absolute Gasteiger partial charge is 0.479 e. The summed E-state index contributed by atoms with van der Waals surface area (Å²) in [7, 11) is 0. The second kappa shape index (κ2) is 7.59. The Hall–Kier alpha value is -3.03. The average Bonchev–Trinajstić information content (AvgIpc) is 3.15. The van der Waals surface area contributed by atoms with Crippen LogP contribution < -0.4 is 4.74 Å². The van der Waals surface area contributed by atoms with Crippen LogP contribution in [0.1, 0.15) is 0 Å². The number of benzene rings is 4. The molecule has 7 heteroatoms. The van der Waals surface area contributed by atoms with Crippen molar-refractivity contribution in [1.82, 2.24) is 0 Å². The van der Waals surface area contributed by atoms with Gasteiger partial charge in [0, 0.05) is 31.1 Å². The third-order valence-electron chi connectivity index (χ3n) is 5.14. The summed E-state index contributed by atoms with van der Waals surface area (Å²) >= 11 is 5.31. The number of aliphatic carboxylic acids is 1. The molecule has 0 atom stereocenters. The number of halogens is 3. The van der Waals surface area contributed by atoms with Gasteiger partial charge in [-0.1, -0.05) is 42.5 Å². The summed E-state index contributed by atoms with van der Waals surface area (Å²) in [5, 5.41) is 12.4. The Bertz CT molecular complexity index is 1510. The number of carbonyl (C=O) groups is 1. The standard InChI is InChI=1S/C24H13BrF2O3S/c25-21-13-6-2-1-5-12(13)19(20-14-7-3-4-8-17(14)31-24(20)21)15-9-10-16(26)23(22(15)27)30-11-18(28)29/h1-10H,11H2,(H,28,29). The Morgan fingerprint density at radius 2 is 1.65 bits per heavy atom. The Kier molecular flexibility index (Phi) is 4.87. The molecule has 1 N–H and O–H groups in total. The van der Waals surface area contributed by atoms with Gasteiger partial charge in [-0.15, -0.1) is 11.3 Å². The van der Waals surface area contributed by atoms with Gasteiger partial charge in [0.15, 0.2) is 24.0 Å². The monoisotopic (exact) mass is 498 g/mol. The number of hydrogen-bond acceptors (Lipinski definition) is 3. The molecule has 5 aromatic rings. The first-order valence-electron chi connectivity index (χ1n) is 9.31. The molecular weight excluding hydrogens is 486 g/mol. The Morgan fingerprint density at radius 1 is 0.968 bits per heavy atom. The van der Waals surface area contributed by atoms with Crippen LogP contribution in [-0.2, 0) is 4.79 Å². The molecule has 0 aliphatic rings. The maximum absolute atomic E-state index is 15.6. The first-order valence-corrected chi connectivity index (χ1v) is 10.9. The fraction of sp³-hybridized carbons (Fsp3) is 0.0417. The molecule has 0 spiro atoms. The molecule has 154 valence electrons. The summed E-state index contributed by atoms with van der Waals surface area (Å²) in [4.78, 5) is 10.9. The first-order chi connectivity index (χ1) is 15.0. The lowest BCUT2D eigenvalue weighted by molar-refractivity contribution is -0.139. The van der Waals surface area contributed by atoms with Crippen LogP contribution >= 0.6 is 27.3 Å². The van der Waals surface area contributed by atoms with E-state index in [4.69, 9.17) is 9.84 Å². The molecule has 5 rings (SSSR count). The van der Waals surface area contributed by atoms with Gasteiger partial charge in [0.2, 0.25) is 0 Å². The van der Waals surface area contributed by atoms with Gasteiger partial charge in [0.05, 0.1) is 4.70 Å². The van der Waals surface area contributed by atoms with E-state index < -0.39 is 30.0 Å². The van der Waals surface area contributed by atoms with Gasteiger partial charge in [-0.25, -0.2) is 13.6 Å². The van der Waals surface area contributed by atoms with Crippen molar-refractivity contribution >= 4 is 64.2 Å². The predicted molar refractivity (Wildman–Crippen MR) is 123 cm³/mol. The third-order valence-corrected chi connectivity index (χ3v) is 7.41. The topological polar surface area (TPSA) is 46.5 Å². The highest BCUT2D eigenvalue weighted by molar-refractivity contribution is 9.11. The van der Waals surface area contributed by atoms with Crippen molar-refractivity contribution in [3.8, 4) is 16.9 Å². The summed E-state index contributed by atoms with van der Waals surface area (Å²) < 4.78 is 37.7. The summed E-state index contributed by atoms with van der Waals surface area (Å²) in [5.41, 5.74) is 0.767. The minimum atomic E-state index is -1.32. The zero-order valence-corrected chi connectivity index (χ0v) is 18.2. The summed E-state index contributed by atoms with van der Waals surface area (Å²) in [6.45, 7) is -0.838. The molecule has 0 saturated carbocycles. The van der Waals surface area contributed by atoms with Gasteiger partial charge in [0.25, 0.3) is 0 Å². The van der Waals surface area contributed by atoms with Crippen molar-refractivity contribution in [2.24, 2.45) is 0 Å². The van der Waals surface area contributed by atoms with Crippen LogP contribution in [0.2, 0.25) is 0 Å². The molecule has 0 saturated heterocycles. The fourth-order valence-electron chi connectivity index (χ4n) is 3.87. The highest BCUT2D eigenvalue weighted by atomic mass is 79.9. The van der Waals surface area contributed by atoms with E-state index in [1.54, 1.807) is 11.3 Å². The number of carboxylic acids is 1. The maximum Gasteiger partial charge on any atom is 0.341 e. The smallest absolute Gasteiger partial charge is 0.341 e. The molecule has 1 heterocycles. The maximum atomic E-state index is 15.6. The second-order valence-corrected chi connectivity index (χ2v) is 8.80. The molecular formula is C24H13BrF2O3S. The molecule has 3 nitrogen and oxygen atoms in total. The molecule has 0 bridgehead atoms. The van der Waals surface area contributed by atoms with Gasteiger partial charge in [-0.05, 0) is 44.9 Å². The minimum absolute atomic E-state index is 0.152. The summed E-state index contributed by atoms with van der Waals surface area (Å²) in [6, 6.07) is 17.9. The summed E-state index contributed by atoms with van der Waals surface area (Å²) in [5.74, 6) is -3.88. The SMILES string of the molecule is O=C(O)COc1c(F)ccc(-c2c3ccccc3c(Br)c3sc4ccccc4c23)c1F. The molecule has 1 aromatic heterocycles. The van der Waals surface area contributed by atoms with Gasteiger partial charge in [-0.2, -0.15) is 0 Å². The molecule has 4 aromatic carbocycles. The lowest BCUT2D eigenvalue weighted by Crippen LogP contribution is -2.11. The zero-order valence-electron chi connectivity index (χ0n) is 15.8. The van der Waals surface area contributed by atoms with E-state index >= 15 is 4.39 Å². The zero-order chi connectivity index (χ0) is 21.7. The van der Waals surface area contributed by atoms with Crippen LogP contribution in [0.15, 0.2) is 65.1 Å². The van der Waals surface area contributed by atoms with E-state index in [1.165, 1.54) is 6.07 Å². The van der Waals surface area contributed by atoms with Crippen LogP contribution in [0.5, 0.6) is 5.75 Å². The van der Waals surface area contributed by atoms with E-state index in [9.17, 15) is 9.18 Å². The van der Waals surface area contributed by atoms with E-state index in [2.05, 4.69) is 15.9 Å². The average molecular weight is 499 g/mol. The van der Waals surface area contributed by atoms with Gasteiger partial charge >= 0.3 is 5.97 Å². The lowest BCUT2D eigenvalue weighted by atomic mass is 9.93. The number of ether oxygens (including phenoxy) is 1. The second-order valence-electron chi connectivity index (χ2n) is 6.96. The fourth-order valence-corrected chi connectivity index (χ4v) is 5.82. The highest BCUT2D eigenvalue weighted by Gasteiger charge is 2.24. The van der Waals surface area contributed by atoms with Crippen molar-refractivity contribution in [3.63, 3.8) is 0 Å². The van der Waals surface area contributed by atoms with Crippen molar-refractivity contribution in [3.05, 3.63) is 76.8 Å². The Morgan fingerprint density at radius 3 is 2.39 bits per heavy atom.